The zero-order valence-electron chi connectivity index (χ0n) is 16.8. The van der Waals surface area contributed by atoms with Gasteiger partial charge in [-0.15, -0.1) is 5.06 Å². The van der Waals surface area contributed by atoms with Crippen LogP contribution in [-0.2, 0) is 25.7 Å². The Bertz CT molecular complexity index is 826. The molecule has 0 spiro atoms. The van der Waals surface area contributed by atoms with Gasteiger partial charge in [-0.25, -0.2) is 4.79 Å². The molecule has 1 fully saturated rings. The molecule has 0 radical (unpaired) electrons. The highest BCUT2D eigenvalue weighted by Gasteiger charge is 2.68. The van der Waals surface area contributed by atoms with Crippen molar-refractivity contribution in [3.05, 3.63) is 71.8 Å². The summed E-state index contributed by atoms with van der Waals surface area (Å²) in [4.78, 5) is 31.3. The average molecular weight is 397 g/mol. The van der Waals surface area contributed by atoms with Crippen LogP contribution in [0.5, 0.6) is 0 Å². The van der Waals surface area contributed by atoms with Gasteiger partial charge in [0.1, 0.15) is 0 Å². The number of esters is 1. The fourth-order valence-electron chi connectivity index (χ4n) is 3.49. The van der Waals surface area contributed by atoms with Crippen LogP contribution in [0, 0.1) is 11.3 Å². The number of carbonyl (C=O) groups is 2. The number of benzene rings is 2. The fraction of sp³-hybridized carbons (Fsp3) is 0.391. The van der Waals surface area contributed by atoms with Gasteiger partial charge in [-0.05, 0) is 31.4 Å². The van der Waals surface area contributed by atoms with Gasteiger partial charge in [0.2, 0.25) is 0 Å². The van der Waals surface area contributed by atoms with Crippen LogP contribution in [0.25, 0.3) is 0 Å². The normalized spacial score (nSPS) is 21.4. The molecular weight excluding hydrogens is 370 g/mol. The summed E-state index contributed by atoms with van der Waals surface area (Å²) in [6, 6.07) is 19.1. The predicted octanol–water partition coefficient (Wildman–Crippen LogP) is 3.27. The van der Waals surface area contributed by atoms with Gasteiger partial charge >= 0.3 is 11.9 Å². The number of rotatable bonds is 9. The van der Waals surface area contributed by atoms with Crippen molar-refractivity contribution in [3.63, 3.8) is 0 Å². The highest BCUT2D eigenvalue weighted by molar-refractivity contribution is 6.03. The summed E-state index contributed by atoms with van der Waals surface area (Å²) in [5.41, 5.74) is 0.537. The van der Waals surface area contributed by atoms with Crippen molar-refractivity contribution in [3.8, 4) is 0 Å². The summed E-state index contributed by atoms with van der Waals surface area (Å²) in [6.07, 6.45) is 0.236. The van der Waals surface area contributed by atoms with Crippen molar-refractivity contribution >= 4 is 11.9 Å². The average Bonchev–Trinajstić information content (AvgIpc) is 3.50. The molecule has 29 heavy (non-hydrogen) atoms. The smallest absolute Gasteiger partial charge is 0.342 e. The quantitative estimate of drug-likeness (QED) is 0.398. The maximum Gasteiger partial charge on any atom is 0.342 e. The second-order valence-corrected chi connectivity index (χ2v) is 7.30. The lowest BCUT2D eigenvalue weighted by Crippen LogP contribution is -2.38. The van der Waals surface area contributed by atoms with Crippen LogP contribution in [-0.4, -0.2) is 35.3 Å². The number of nitrogens with zero attached hydrogens (tertiary/aromatic N) is 1. The zero-order chi connectivity index (χ0) is 20.9. The number of aliphatic hydroxyl groups is 1. The van der Waals surface area contributed by atoms with Crippen molar-refractivity contribution in [1.82, 2.24) is 5.06 Å². The van der Waals surface area contributed by atoms with E-state index in [0.717, 1.165) is 11.1 Å². The van der Waals surface area contributed by atoms with Gasteiger partial charge in [-0.2, -0.15) is 0 Å². The summed E-state index contributed by atoms with van der Waals surface area (Å²) in [6.45, 7) is 3.90. The van der Waals surface area contributed by atoms with Crippen molar-refractivity contribution in [2.24, 2.45) is 11.3 Å². The van der Waals surface area contributed by atoms with Gasteiger partial charge in [0.15, 0.2) is 5.41 Å². The molecule has 6 nitrogen and oxygen atoms in total. The number of hydrogen-bond acceptors (Lipinski definition) is 6. The molecule has 1 aliphatic rings. The fourth-order valence-corrected chi connectivity index (χ4v) is 3.49. The molecule has 0 bridgehead atoms. The highest BCUT2D eigenvalue weighted by Crippen LogP contribution is 2.54. The number of ether oxygens (including phenoxy) is 1. The first-order chi connectivity index (χ1) is 14.0. The third kappa shape index (κ3) is 4.49. The molecule has 2 aromatic rings. The Morgan fingerprint density at radius 2 is 1.72 bits per heavy atom. The minimum atomic E-state index is -1.42. The van der Waals surface area contributed by atoms with Crippen LogP contribution >= 0.6 is 0 Å². The molecule has 0 aromatic heterocycles. The monoisotopic (exact) mass is 397 g/mol. The van der Waals surface area contributed by atoms with Crippen LogP contribution in [0.4, 0.5) is 0 Å². The van der Waals surface area contributed by atoms with Gasteiger partial charge in [-0.3, -0.25) is 4.79 Å². The summed E-state index contributed by atoms with van der Waals surface area (Å²) < 4.78 is 5.10. The van der Waals surface area contributed by atoms with E-state index in [0.29, 0.717) is 6.54 Å². The first-order valence-electron chi connectivity index (χ1n) is 9.89. The van der Waals surface area contributed by atoms with Crippen LogP contribution in [0.2, 0.25) is 0 Å². The van der Waals surface area contributed by atoms with Crippen molar-refractivity contribution in [2.45, 2.75) is 32.9 Å². The Balaban J connectivity index is 1.84. The van der Waals surface area contributed by atoms with Crippen LogP contribution < -0.4 is 0 Å². The summed E-state index contributed by atoms with van der Waals surface area (Å²) >= 11 is 0. The van der Waals surface area contributed by atoms with Crippen LogP contribution in [0.3, 0.4) is 0 Å². The SMILES string of the molecule is CCOC(=O)[C@@]1(C(=O)ON(Cc2ccccc2)[C@H](C)c2ccccc2)C[C@H]1CO. The molecule has 3 rings (SSSR count). The molecule has 0 unspecified atom stereocenters. The van der Waals surface area contributed by atoms with E-state index in [1.54, 1.807) is 12.0 Å². The van der Waals surface area contributed by atoms with E-state index in [1.807, 2.05) is 67.6 Å². The Kier molecular flexibility index (Phi) is 6.67. The van der Waals surface area contributed by atoms with Crippen molar-refractivity contribution in [2.75, 3.05) is 13.2 Å². The minimum Gasteiger partial charge on any atom is -0.465 e. The van der Waals surface area contributed by atoms with Gasteiger partial charge in [0, 0.05) is 12.5 Å². The first kappa shape index (κ1) is 21.0. The topological polar surface area (TPSA) is 76.1 Å². The van der Waals surface area contributed by atoms with E-state index in [-0.39, 0.29) is 25.7 Å². The van der Waals surface area contributed by atoms with Gasteiger partial charge in [0.05, 0.1) is 19.2 Å². The van der Waals surface area contributed by atoms with E-state index in [4.69, 9.17) is 9.57 Å². The van der Waals surface area contributed by atoms with Crippen LogP contribution in [0.1, 0.15) is 37.4 Å². The lowest BCUT2D eigenvalue weighted by Gasteiger charge is -2.29. The second kappa shape index (κ2) is 9.20. The summed E-state index contributed by atoms with van der Waals surface area (Å²) in [7, 11) is 0. The molecule has 2 aromatic carbocycles. The molecule has 1 saturated carbocycles. The molecule has 154 valence electrons. The van der Waals surface area contributed by atoms with E-state index >= 15 is 0 Å². The lowest BCUT2D eigenvalue weighted by atomic mass is 10.0. The van der Waals surface area contributed by atoms with E-state index in [1.165, 1.54) is 0 Å². The lowest BCUT2D eigenvalue weighted by molar-refractivity contribution is -0.215. The van der Waals surface area contributed by atoms with E-state index in [9.17, 15) is 14.7 Å². The summed E-state index contributed by atoms with van der Waals surface area (Å²) in [5, 5.41) is 11.1. The number of carbonyl (C=O) groups excluding carboxylic acids is 2. The molecule has 1 N–H and O–H groups in total. The molecule has 0 saturated heterocycles. The van der Waals surface area contributed by atoms with E-state index in [2.05, 4.69) is 0 Å². The van der Waals surface area contributed by atoms with Gasteiger partial charge in [0.25, 0.3) is 0 Å². The van der Waals surface area contributed by atoms with Crippen LogP contribution in [0.15, 0.2) is 60.7 Å². The zero-order valence-corrected chi connectivity index (χ0v) is 16.8. The molecule has 0 heterocycles. The largest absolute Gasteiger partial charge is 0.465 e. The molecule has 0 aliphatic heterocycles. The first-order valence-corrected chi connectivity index (χ1v) is 9.89. The Morgan fingerprint density at radius 3 is 2.28 bits per heavy atom. The Morgan fingerprint density at radius 1 is 1.10 bits per heavy atom. The number of hydroxylamine groups is 2. The maximum atomic E-state index is 13.1. The Hall–Kier alpha value is -2.70. The third-order valence-corrected chi connectivity index (χ3v) is 5.42. The van der Waals surface area contributed by atoms with Crippen molar-refractivity contribution < 1.29 is 24.3 Å². The molecule has 6 heteroatoms. The molecular formula is C23H27NO5. The van der Waals surface area contributed by atoms with Gasteiger partial charge < -0.3 is 14.7 Å². The predicted molar refractivity (Wildman–Crippen MR) is 107 cm³/mol. The van der Waals surface area contributed by atoms with E-state index < -0.39 is 23.3 Å². The second-order valence-electron chi connectivity index (χ2n) is 7.30. The highest BCUT2D eigenvalue weighted by atomic mass is 16.7. The maximum absolute atomic E-state index is 13.1. The Labute approximate surface area is 171 Å². The van der Waals surface area contributed by atoms with Gasteiger partial charge in [-0.1, -0.05) is 60.7 Å². The number of hydrogen-bond donors (Lipinski definition) is 1. The molecule has 1 aliphatic carbocycles. The standard InChI is InChI=1S/C23H27NO5/c1-3-28-21(26)23(14-20(23)16-25)22(27)29-24(15-18-10-6-4-7-11-18)17(2)19-12-8-5-9-13-19/h4-13,17,20,25H,3,14-16H2,1-2H3/t17-,20+,23-/m1/s1. The molecule has 3 atom stereocenters. The molecule has 0 amide bonds. The summed E-state index contributed by atoms with van der Waals surface area (Å²) in [5.74, 6) is -1.77. The third-order valence-electron chi connectivity index (χ3n) is 5.42. The van der Waals surface area contributed by atoms with Crippen molar-refractivity contribution in [1.29, 1.82) is 0 Å². The minimum absolute atomic E-state index is 0.167. The number of aliphatic hydroxyl groups excluding tert-OH is 1.